The number of nitrogens with zero attached hydrogens (tertiary/aromatic N) is 1. The molecular weight excluding hydrogens is 392 g/mol. The predicted octanol–water partition coefficient (Wildman–Crippen LogP) is 0.430. The zero-order valence-corrected chi connectivity index (χ0v) is 17.2. The summed E-state index contributed by atoms with van der Waals surface area (Å²) in [7, 11) is 0. The lowest BCUT2D eigenvalue weighted by Crippen LogP contribution is -2.43. The molecule has 3 N–H and O–H groups in total. The van der Waals surface area contributed by atoms with Crippen molar-refractivity contribution in [3.05, 3.63) is 35.4 Å². The van der Waals surface area contributed by atoms with Crippen LogP contribution in [0.25, 0.3) is 0 Å². The Bertz CT molecular complexity index is 811. The summed E-state index contributed by atoms with van der Waals surface area (Å²) in [6.45, 7) is 5.24. The molecule has 1 heterocycles. The zero-order valence-electron chi connectivity index (χ0n) is 17.2. The summed E-state index contributed by atoms with van der Waals surface area (Å²) in [5, 5.41) is 7.61. The number of fused-ring (bicyclic) bond motifs is 1. The van der Waals surface area contributed by atoms with E-state index in [4.69, 9.17) is 4.74 Å². The molecule has 0 unspecified atom stereocenters. The molecule has 0 bridgehead atoms. The van der Waals surface area contributed by atoms with Gasteiger partial charge in [0.2, 0.25) is 11.8 Å². The van der Waals surface area contributed by atoms with Gasteiger partial charge in [-0.3, -0.25) is 24.1 Å². The minimum atomic E-state index is -0.613. The van der Waals surface area contributed by atoms with Crippen LogP contribution in [0, 0.1) is 0 Å². The Morgan fingerprint density at radius 1 is 0.867 bits per heavy atom. The normalized spacial score (nSPS) is 13.0. The minimum absolute atomic E-state index is 0.0578. The Labute approximate surface area is 174 Å². The van der Waals surface area contributed by atoms with E-state index < -0.39 is 29.4 Å². The van der Waals surface area contributed by atoms with Crippen LogP contribution in [-0.4, -0.2) is 66.4 Å². The van der Waals surface area contributed by atoms with Gasteiger partial charge in [0.25, 0.3) is 11.8 Å². The first-order valence-electron chi connectivity index (χ1n) is 9.54. The van der Waals surface area contributed by atoms with Crippen LogP contribution in [0.5, 0.6) is 0 Å². The van der Waals surface area contributed by atoms with E-state index in [-0.39, 0.29) is 49.6 Å². The lowest BCUT2D eigenvalue weighted by Gasteiger charge is -2.19. The van der Waals surface area contributed by atoms with E-state index in [1.165, 1.54) is 0 Å². The van der Waals surface area contributed by atoms with Gasteiger partial charge in [-0.1, -0.05) is 12.1 Å². The molecule has 162 valence electrons. The van der Waals surface area contributed by atoms with Crippen molar-refractivity contribution in [1.82, 2.24) is 20.9 Å². The molecule has 0 saturated carbocycles. The van der Waals surface area contributed by atoms with Crippen LogP contribution in [0.2, 0.25) is 0 Å². The molecule has 1 aliphatic rings. The number of rotatable bonds is 8. The topological polar surface area (TPSA) is 134 Å². The Morgan fingerprint density at radius 3 is 1.93 bits per heavy atom. The maximum atomic E-state index is 12.2. The second kappa shape index (κ2) is 9.86. The summed E-state index contributed by atoms with van der Waals surface area (Å²) >= 11 is 0. The van der Waals surface area contributed by atoms with Crippen LogP contribution < -0.4 is 16.0 Å². The number of benzene rings is 1. The van der Waals surface area contributed by atoms with Crippen LogP contribution in [0.3, 0.4) is 0 Å². The maximum Gasteiger partial charge on any atom is 0.407 e. The summed E-state index contributed by atoms with van der Waals surface area (Å²) in [5.74, 6) is -1.82. The first kappa shape index (κ1) is 22.9. The van der Waals surface area contributed by atoms with Crippen molar-refractivity contribution >= 4 is 29.7 Å². The minimum Gasteiger partial charge on any atom is -0.444 e. The summed E-state index contributed by atoms with van der Waals surface area (Å²) in [6.07, 6.45) is -0.543. The molecule has 2 rings (SSSR count). The fraction of sp³-hybridized carbons (Fsp3) is 0.450. The average molecular weight is 418 g/mol. The molecule has 10 heteroatoms. The van der Waals surface area contributed by atoms with Gasteiger partial charge in [-0.2, -0.15) is 0 Å². The third kappa shape index (κ3) is 6.57. The smallest absolute Gasteiger partial charge is 0.407 e. The van der Waals surface area contributed by atoms with E-state index in [0.29, 0.717) is 0 Å². The molecule has 1 aromatic rings. The summed E-state index contributed by atoms with van der Waals surface area (Å²) in [4.78, 5) is 60.5. The van der Waals surface area contributed by atoms with Crippen molar-refractivity contribution < 1.29 is 28.7 Å². The number of carbonyl (C=O) groups is 5. The Hall–Kier alpha value is -3.43. The average Bonchev–Trinajstić information content (AvgIpc) is 2.89. The molecule has 30 heavy (non-hydrogen) atoms. The van der Waals surface area contributed by atoms with Gasteiger partial charge in [0.05, 0.1) is 11.1 Å². The molecule has 1 aliphatic heterocycles. The van der Waals surface area contributed by atoms with Gasteiger partial charge in [0, 0.05) is 26.1 Å². The van der Waals surface area contributed by atoms with E-state index in [1.54, 1.807) is 45.0 Å². The highest BCUT2D eigenvalue weighted by atomic mass is 16.6. The van der Waals surface area contributed by atoms with Crippen LogP contribution in [0.4, 0.5) is 4.79 Å². The van der Waals surface area contributed by atoms with Crippen molar-refractivity contribution in [2.75, 3.05) is 26.2 Å². The van der Waals surface area contributed by atoms with Gasteiger partial charge in [-0.05, 0) is 32.9 Å². The van der Waals surface area contributed by atoms with E-state index >= 15 is 0 Å². The number of imide groups is 1. The van der Waals surface area contributed by atoms with E-state index in [1.807, 2.05) is 0 Å². The molecule has 0 atom stereocenters. The van der Waals surface area contributed by atoms with Gasteiger partial charge in [0.1, 0.15) is 12.1 Å². The van der Waals surface area contributed by atoms with Crippen molar-refractivity contribution in [2.45, 2.75) is 32.8 Å². The number of ether oxygens (including phenoxy) is 1. The fourth-order valence-corrected chi connectivity index (χ4v) is 2.67. The standard InChI is InChI=1S/C20H26N4O6/c1-20(2,3)30-19(29)23-9-8-15(25)21-10-11-22-16(26)12-24-17(27)13-6-4-5-7-14(13)18(24)28/h4-7H,8-12H2,1-3H3,(H,21,25)(H,22,26)(H,23,29). The van der Waals surface area contributed by atoms with Gasteiger partial charge < -0.3 is 20.7 Å². The van der Waals surface area contributed by atoms with Gasteiger partial charge in [-0.15, -0.1) is 0 Å². The van der Waals surface area contributed by atoms with Crippen molar-refractivity contribution in [3.63, 3.8) is 0 Å². The second-order valence-corrected chi connectivity index (χ2v) is 7.62. The molecule has 0 aliphatic carbocycles. The quantitative estimate of drug-likeness (QED) is 0.414. The van der Waals surface area contributed by atoms with Gasteiger partial charge >= 0.3 is 6.09 Å². The first-order valence-corrected chi connectivity index (χ1v) is 9.54. The number of amides is 5. The predicted molar refractivity (Wildman–Crippen MR) is 107 cm³/mol. The van der Waals surface area contributed by atoms with E-state index in [2.05, 4.69) is 16.0 Å². The number of nitrogens with one attached hydrogen (secondary N) is 3. The molecular formula is C20H26N4O6. The van der Waals surface area contributed by atoms with E-state index in [9.17, 15) is 24.0 Å². The number of carbonyl (C=O) groups excluding carboxylic acids is 5. The molecule has 5 amide bonds. The summed E-state index contributed by atoms with van der Waals surface area (Å²) in [6, 6.07) is 6.39. The lowest BCUT2D eigenvalue weighted by molar-refractivity contribution is -0.123. The molecule has 0 saturated heterocycles. The summed E-state index contributed by atoms with van der Waals surface area (Å²) < 4.78 is 5.05. The van der Waals surface area contributed by atoms with Crippen molar-refractivity contribution in [3.8, 4) is 0 Å². The third-order valence-corrected chi connectivity index (χ3v) is 3.97. The summed E-state index contributed by atoms with van der Waals surface area (Å²) in [5.41, 5.74) is -0.0532. The number of alkyl carbamates (subject to hydrolysis) is 1. The highest BCUT2D eigenvalue weighted by Gasteiger charge is 2.36. The Balaban J connectivity index is 1.61. The Morgan fingerprint density at radius 2 is 1.40 bits per heavy atom. The Kier molecular flexibility index (Phi) is 7.51. The highest BCUT2D eigenvalue weighted by Crippen LogP contribution is 2.21. The molecule has 0 radical (unpaired) electrons. The zero-order chi connectivity index (χ0) is 22.3. The second-order valence-electron chi connectivity index (χ2n) is 7.62. The van der Waals surface area contributed by atoms with E-state index in [0.717, 1.165) is 4.90 Å². The number of hydrogen-bond acceptors (Lipinski definition) is 6. The molecule has 1 aromatic carbocycles. The molecule has 0 spiro atoms. The van der Waals surface area contributed by atoms with Gasteiger partial charge in [-0.25, -0.2) is 4.79 Å². The van der Waals surface area contributed by atoms with Crippen molar-refractivity contribution in [1.29, 1.82) is 0 Å². The fourth-order valence-electron chi connectivity index (χ4n) is 2.67. The number of hydrogen-bond donors (Lipinski definition) is 3. The highest BCUT2D eigenvalue weighted by molar-refractivity contribution is 6.22. The SMILES string of the molecule is CC(C)(C)OC(=O)NCCC(=O)NCCNC(=O)CN1C(=O)c2ccccc2C1=O. The molecule has 0 aromatic heterocycles. The van der Waals surface area contributed by atoms with Gasteiger partial charge in [0.15, 0.2) is 0 Å². The molecule has 0 fully saturated rings. The maximum absolute atomic E-state index is 12.2. The lowest BCUT2D eigenvalue weighted by atomic mass is 10.1. The van der Waals surface area contributed by atoms with Crippen LogP contribution >= 0.6 is 0 Å². The monoisotopic (exact) mass is 418 g/mol. The van der Waals surface area contributed by atoms with Crippen LogP contribution in [0.1, 0.15) is 47.9 Å². The first-order chi connectivity index (χ1) is 14.1. The van der Waals surface area contributed by atoms with Crippen LogP contribution in [0.15, 0.2) is 24.3 Å². The van der Waals surface area contributed by atoms with Crippen LogP contribution in [-0.2, 0) is 14.3 Å². The third-order valence-electron chi connectivity index (χ3n) is 3.97. The molecule has 10 nitrogen and oxygen atoms in total. The largest absolute Gasteiger partial charge is 0.444 e. The van der Waals surface area contributed by atoms with Crippen molar-refractivity contribution in [2.24, 2.45) is 0 Å².